The fourth-order valence-corrected chi connectivity index (χ4v) is 6.51. The van der Waals surface area contributed by atoms with Gasteiger partial charge in [-0.25, -0.2) is 4.79 Å². The molecule has 33 heavy (non-hydrogen) atoms. The SMILES string of the molecule is CCOC(=O)c1cc2c3c(c1)[C@@H]1C=CC[C@H]1[C@H](c1cccc([N+](=O)[O-])c1)N3C[C@H]1CC=C[C@H]21. The highest BCUT2D eigenvalue weighted by Gasteiger charge is 2.48. The number of non-ortho nitro benzene ring substituents is 1. The molecule has 0 N–H and O–H groups in total. The number of benzene rings is 2. The van der Waals surface area contributed by atoms with E-state index in [1.807, 2.05) is 25.1 Å². The third kappa shape index (κ3) is 3.04. The maximum absolute atomic E-state index is 12.7. The molecule has 5 atom stereocenters. The van der Waals surface area contributed by atoms with Crippen LogP contribution in [-0.4, -0.2) is 24.0 Å². The van der Waals surface area contributed by atoms with Gasteiger partial charge < -0.3 is 9.64 Å². The van der Waals surface area contributed by atoms with Crippen molar-refractivity contribution in [2.75, 3.05) is 18.1 Å². The number of allylic oxidation sites excluding steroid dienone is 4. The zero-order valence-electron chi connectivity index (χ0n) is 18.5. The van der Waals surface area contributed by atoms with Gasteiger partial charge in [-0.05, 0) is 60.4 Å². The van der Waals surface area contributed by atoms with E-state index in [1.54, 1.807) is 18.2 Å². The predicted octanol–water partition coefficient (Wildman–Crippen LogP) is 5.67. The Morgan fingerprint density at radius 1 is 1.12 bits per heavy atom. The van der Waals surface area contributed by atoms with E-state index in [4.69, 9.17) is 4.74 Å². The number of anilines is 1. The van der Waals surface area contributed by atoms with Crippen LogP contribution >= 0.6 is 0 Å². The Balaban J connectivity index is 1.55. The molecule has 6 nitrogen and oxygen atoms in total. The zero-order chi connectivity index (χ0) is 22.7. The average molecular weight is 443 g/mol. The summed E-state index contributed by atoms with van der Waals surface area (Å²) in [6, 6.07) is 11.3. The fourth-order valence-electron chi connectivity index (χ4n) is 6.51. The van der Waals surface area contributed by atoms with Gasteiger partial charge >= 0.3 is 5.97 Å². The Hall–Kier alpha value is -3.41. The van der Waals surface area contributed by atoms with Gasteiger partial charge in [0, 0.05) is 36.2 Å². The van der Waals surface area contributed by atoms with Crippen LogP contribution in [0.5, 0.6) is 0 Å². The molecule has 0 spiro atoms. The van der Waals surface area contributed by atoms with E-state index in [2.05, 4.69) is 29.2 Å². The number of carbonyl (C=O) groups is 1. The maximum Gasteiger partial charge on any atom is 0.338 e. The van der Waals surface area contributed by atoms with Crippen molar-refractivity contribution in [2.24, 2.45) is 11.8 Å². The molecule has 168 valence electrons. The molecule has 0 fully saturated rings. The molecule has 0 unspecified atom stereocenters. The lowest BCUT2D eigenvalue weighted by molar-refractivity contribution is -0.384. The molecule has 0 amide bonds. The topological polar surface area (TPSA) is 72.7 Å². The second-order valence-electron chi connectivity index (χ2n) is 9.48. The summed E-state index contributed by atoms with van der Waals surface area (Å²) >= 11 is 0. The zero-order valence-corrected chi connectivity index (χ0v) is 18.5. The molecule has 0 saturated heterocycles. The standard InChI is InChI=1S/C27H26N2O4/c1-2-33-27(30)18-13-23-20-9-4-7-17(20)15-28-25(16-6-3-8-19(12-16)29(31)32)22-11-5-10-21(22)24(14-18)26(23)28/h3-6,8-10,12-14,17,20-22,25H,2,7,11,15H2,1H3/t17-,20+,21-,22-,25+/m1/s1. The number of nitro benzene ring substituents is 1. The first-order chi connectivity index (χ1) is 16.1. The van der Waals surface area contributed by atoms with Gasteiger partial charge in [0.2, 0.25) is 0 Å². The van der Waals surface area contributed by atoms with Gasteiger partial charge in [-0.1, -0.05) is 36.4 Å². The summed E-state index contributed by atoms with van der Waals surface area (Å²) in [5.41, 5.74) is 5.35. The second kappa shape index (κ2) is 7.58. The van der Waals surface area contributed by atoms with Crippen molar-refractivity contribution < 1.29 is 14.5 Å². The summed E-state index contributed by atoms with van der Waals surface area (Å²) in [6.45, 7) is 3.09. The number of ether oxygens (including phenoxy) is 1. The smallest absolute Gasteiger partial charge is 0.338 e. The highest BCUT2D eigenvalue weighted by molar-refractivity contribution is 5.92. The van der Waals surface area contributed by atoms with Gasteiger partial charge in [-0.2, -0.15) is 0 Å². The van der Waals surface area contributed by atoms with Gasteiger partial charge in [0.25, 0.3) is 5.69 Å². The number of carbonyl (C=O) groups excluding carboxylic acids is 1. The van der Waals surface area contributed by atoms with E-state index in [9.17, 15) is 14.9 Å². The van der Waals surface area contributed by atoms with E-state index >= 15 is 0 Å². The van der Waals surface area contributed by atoms with Crippen LogP contribution in [0.25, 0.3) is 0 Å². The number of esters is 1. The highest BCUT2D eigenvalue weighted by Crippen LogP contribution is 2.59. The van der Waals surface area contributed by atoms with Gasteiger partial charge in [0.05, 0.1) is 23.1 Å². The van der Waals surface area contributed by atoms with Gasteiger partial charge in [0.1, 0.15) is 0 Å². The molecule has 2 aromatic carbocycles. The van der Waals surface area contributed by atoms with E-state index in [1.165, 1.54) is 16.8 Å². The number of fused-ring (bicyclic) bond motifs is 4. The normalized spacial score (nSPS) is 28.3. The first-order valence-electron chi connectivity index (χ1n) is 11.8. The molecule has 0 radical (unpaired) electrons. The average Bonchev–Trinajstić information content (AvgIpc) is 3.49. The molecular weight excluding hydrogens is 416 g/mol. The van der Waals surface area contributed by atoms with Gasteiger partial charge in [-0.15, -0.1) is 0 Å². The van der Waals surface area contributed by atoms with Crippen molar-refractivity contribution in [1.82, 2.24) is 0 Å². The van der Waals surface area contributed by atoms with E-state index in [0.29, 0.717) is 18.1 Å². The van der Waals surface area contributed by atoms with Crippen LogP contribution in [0.2, 0.25) is 0 Å². The predicted molar refractivity (Wildman–Crippen MR) is 126 cm³/mol. The lowest BCUT2D eigenvalue weighted by atomic mass is 9.70. The third-order valence-electron chi connectivity index (χ3n) is 7.78. The molecule has 0 saturated carbocycles. The first-order valence-corrected chi connectivity index (χ1v) is 11.8. The van der Waals surface area contributed by atoms with Crippen LogP contribution in [0, 0.1) is 22.0 Å². The maximum atomic E-state index is 12.7. The minimum Gasteiger partial charge on any atom is -0.462 e. The Morgan fingerprint density at radius 3 is 2.67 bits per heavy atom. The van der Waals surface area contributed by atoms with Gasteiger partial charge in [0.15, 0.2) is 0 Å². The Kier molecular flexibility index (Phi) is 4.64. The van der Waals surface area contributed by atoms with E-state index < -0.39 is 0 Å². The quantitative estimate of drug-likeness (QED) is 0.264. The first kappa shape index (κ1) is 20.2. The van der Waals surface area contributed by atoms with E-state index in [0.717, 1.165) is 24.9 Å². The number of hydrogen-bond acceptors (Lipinski definition) is 5. The molecule has 2 heterocycles. The molecular formula is C27H26N2O4. The van der Waals surface area contributed by atoms with Crippen LogP contribution in [0.4, 0.5) is 11.4 Å². The summed E-state index contributed by atoms with van der Waals surface area (Å²) in [7, 11) is 0. The van der Waals surface area contributed by atoms with Crippen molar-refractivity contribution in [3.63, 3.8) is 0 Å². The molecule has 6 heteroatoms. The monoisotopic (exact) mass is 442 g/mol. The highest BCUT2D eigenvalue weighted by atomic mass is 16.6. The summed E-state index contributed by atoms with van der Waals surface area (Å²) in [6.07, 6.45) is 10.9. The van der Waals surface area contributed by atoms with E-state index in [-0.39, 0.29) is 40.4 Å². The van der Waals surface area contributed by atoms with Crippen LogP contribution in [0.3, 0.4) is 0 Å². The molecule has 4 aliphatic rings. The van der Waals surface area contributed by atoms with Crippen molar-refractivity contribution in [3.8, 4) is 0 Å². The minimum atomic E-state index is -0.311. The fraction of sp³-hybridized carbons (Fsp3) is 0.370. The molecule has 2 aromatic rings. The molecule has 2 aliphatic carbocycles. The van der Waals surface area contributed by atoms with Crippen LogP contribution in [0.1, 0.15) is 64.7 Å². The molecule has 2 aliphatic heterocycles. The Morgan fingerprint density at radius 2 is 1.88 bits per heavy atom. The number of nitro groups is 1. The summed E-state index contributed by atoms with van der Waals surface area (Å²) < 4.78 is 5.36. The van der Waals surface area contributed by atoms with Crippen molar-refractivity contribution in [1.29, 1.82) is 0 Å². The summed E-state index contributed by atoms with van der Waals surface area (Å²) in [5.74, 6) is 0.907. The van der Waals surface area contributed by atoms with Crippen LogP contribution in [0.15, 0.2) is 60.7 Å². The van der Waals surface area contributed by atoms with Gasteiger partial charge in [-0.3, -0.25) is 10.1 Å². The third-order valence-corrected chi connectivity index (χ3v) is 7.78. The summed E-state index contributed by atoms with van der Waals surface area (Å²) in [5, 5.41) is 11.5. The lowest BCUT2D eigenvalue weighted by Crippen LogP contribution is -2.46. The number of nitrogens with zero attached hydrogens (tertiary/aromatic N) is 2. The van der Waals surface area contributed by atoms with Crippen molar-refractivity contribution in [3.05, 3.63) is 93.1 Å². The second-order valence-corrected chi connectivity index (χ2v) is 9.48. The molecule has 6 rings (SSSR count). The Labute approximate surface area is 192 Å². The minimum absolute atomic E-state index is 0.0612. The number of hydrogen-bond donors (Lipinski definition) is 0. The van der Waals surface area contributed by atoms with Crippen LogP contribution in [-0.2, 0) is 4.74 Å². The Bertz CT molecular complexity index is 1200. The largest absolute Gasteiger partial charge is 0.462 e. The summed E-state index contributed by atoms with van der Waals surface area (Å²) in [4.78, 5) is 26.4. The molecule has 0 bridgehead atoms. The molecule has 0 aromatic heterocycles. The van der Waals surface area contributed by atoms with Crippen molar-refractivity contribution in [2.45, 2.75) is 37.6 Å². The van der Waals surface area contributed by atoms with Crippen molar-refractivity contribution >= 4 is 17.3 Å². The lowest BCUT2D eigenvalue weighted by Gasteiger charge is -2.51. The van der Waals surface area contributed by atoms with Crippen LogP contribution < -0.4 is 4.90 Å². The number of rotatable bonds is 4.